The highest BCUT2D eigenvalue weighted by molar-refractivity contribution is 5.08. The van der Waals surface area contributed by atoms with Crippen molar-refractivity contribution in [2.24, 2.45) is 35.5 Å². The Balaban J connectivity index is 1.86. The average Bonchev–Trinajstić information content (AvgIpc) is 2.60. The molecule has 0 amide bonds. The van der Waals surface area contributed by atoms with Crippen LogP contribution < -0.4 is 0 Å². The first-order valence-electron chi connectivity index (χ1n) is 5.27. The Morgan fingerprint density at radius 2 is 1.27 bits per heavy atom. The molecule has 3 saturated carbocycles. The van der Waals surface area contributed by atoms with E-state index in [0.29, 0.717) is 0 Å². The highest BCUT2D eigenvalue weighted by atomic mass is 14.6. The van der Waals surface area contributed by atoms with Crippen molar-refractivity contribution in [3.8, 4) is 0 Å². The predicted octanol–water partition coefficient (Wildman–Crippen LogP) is 2.93. The van der Waals surface area contributed by atoms with Crippen LogP contribution in [0.25, 0.3) is 0 Å². The summed E-state index contributed by atoms with van der Waals surface area (Å²) in [5, 5.41) is 0. The van der Waals surface area contributed by atoms with Crippen molar-refractivity contribution < 1.29 is 0 Å². The summed E-state index contributed by atoms with van der Waals surface area (Å²) in [4.78, 5) is 0. The summed E-state index contributed by atoms with van der Waals surface area (Å²) in [5.74, 6) is 6.83. The molecule has 0 bridgehead atoms. The van der Waals surface area contributed by atoms with E-state index in [4.69, 9.17) is 0 Å². The van der Waals surface area contributed by atoms with Crippen LogP contribution in [0, 0.1) is 35.5 Å². The quantitative estimate of drug-likeness (QED) is 0.498. The summed E-state index contributed by atoms with van der Waals surface area (Å²) in [7, 11) is 0. The smallest absolute Gasteiger partial charge is 0.0349 e. The van der Waals surface area contributed by atoms with E-state index in [9.17, 15) is 0 Å². The summed E-state index contributed by atoms with van der Waals surface area (Å²) < 4.78 is 0. The van der Waals surface area contributed by atoms with E-state index in [-0.39, 0.29) is 0 Å². The van der Waals surface area contributed by atoms with Gasteiger partial charge in [0.1, 0.15) is 0 Å². The molecule has 0 heterocycles. The molecular formula is C11H18. The normalized spacial score (nSPS) is 66.0. The van der Waals surface area contributed by atoms with Crippen molar-refractivity contribution in [3.05, 3.63) is 0 Å². The van der Waals surface area contributed by atoms with E-state index in [1.165, 1.54) is 17.8 Å². The zero-order valence-corrected chi connectivity index (χ0v) is 7.59. The first-order valence-corrected chi connectivity index (χ1v) is 5.27. The Labute approximate surface area is 69.4 Å². The summed E-state index contributed by atoms with van der Waals surface area (Å²) in [6.45, 7) is 4.95. The van der Waals surface area contributed by atoms with Gasteiger partial charge >= 0.3 is 0 Å². The topological polar surface area (TPSA) is 0 Å². The van der Waals surface area contributed by atoms with E-state index in [2.05, 4.69) is 13.8 Å². The third-order valence-electron chi connectivity index (χ3n) is 4.69. The predicted molar refractivity (Wildman–Crippen MR) is 46.1 cm³/mol. The van der Waals surface area contributed by atoms with Gasteiger partial charge in [-0.2, -0.15) is 0 Å². The van der Waals surface area contributed by atoms with Crippen LogP contribution in [0.15, 0.2) is 0 Å². The third-order valence-corrected chi connectivity index (χ3v) is 4.69. The van der Waals surface area contributed by atoms with E-state index < -0.39 is 0 Å². The van der Waals surface area contributed by atoms with Gasteiger partial charge < -0.3 is 0 Å². The van der Waals surface area contributed by atoms with Crippen LogP contribution in [0.3, 0.4) is 0 Å². The van der Waals surface area contributed by atoms with Gasteiger partial charge in [0.2, 0.25) is 0 Å². The van der Waals surface area contributed by atoms with Crippen LogP contribution in [-0.4, -0.2) is 0 Å². The summed E-state index contributed by atoms with van der Waals surface area (Å²) in [6.07, 6.45) is 4.71. The number of rotatable bonds is 0. The molecule has 0 aromatic heterocycles. The summed E-state index contributed by atoms with van der Waals surface area (Å²) in [6, 6.07) is 0. The van der Waals surface area contributed by atoms with Crippen LogP contribution in [0.4, 0.5) is 0 Å². The Morgan fingerprint density at radius 3 is 2.00 bits per heavy atom. The Morgan fingerprint density at radius 1 is 0.727 bits per heavy atom. The van der Waals surface area contributed by atoms with Gasteiger partial charge in [0, 0.05) is 0 Å². The molecule has 0 N–H and O–H groups in total. The van der Waals surface area contributed by atoms with E-state index in [1.54, 1.807) is 19.3 Å². The second-order valence-corrected chi connectivity index (χ2v) is 5.33. The summed E-state index contributed by atoms with van der Waals surface area (Å²) >= 11 is 0. The largest absolute Gasteiger partial charge is 0.0625 e. The SMILES string of the molecule is CC1CC2C3CC3C(C)[C@H]2C1. The zero-order chi connectivity index (χ0) is 7.59. The Kier molecular flexibility index (Phi) is 1.09. The number of fused-ring (bicyclic) bond motifs is 3. The van der Waals surface area contributed by atoms with Crippen molar-refractivity contribution in [2.75, 3.05) is 0 Å². The lowest BCUT2D eigenvalue weighted by atomic mass is 9.88. The molecule has 0 aliphatic heterocycles. The zero-order valence-electron chi connectivity index (χ0n) is 7.59. The molecular weight excluding hydrogens is 132 g/mol. The highest BCUT2D eigenvalue weighted by Crippen LogP contribution is 2.66. The van der Waals surface area contributed by atoms with Crippen molar-refractivity contribution >= 4 is 0 Å². The van der Waals surface area contributed by atoms with Gasteiger partial charge in [-0.05, 0) is 54.8 Å². The molecule has 5 unspecified atom stereocenters. The molecule has 62 valence electrons. The van der Waals surface area contributed by atoms with Crippen molar-refractivity contribution in [1.29, 1.82) is 0 Å². The molecule has 0 spiro atoms. The molecule has 6 atom stereocenters. The minimum absolute atomic E-state index is 1.05. The molecule has 3 fully saturated rings. The molecule has 0 heteroatoms. The third kappa shape index (κ3) is 0.711. The van der Waals surface area contributed by atoms with Gasteiger partial charge in [0.05, 0.1) is 0 Å². The fourth-order valence-electron chi connectivity index (χ4n) is 4.12. The maximum atomic E-state index is 2.51. The molecule has 3 rings (SSSR count). The van der Waals surface area contributed by atoms with Crippen molar-refractivity contribution in [3.63, 3.8) is 0 Å². The first-order chi connectivity index (χ1) is 5.27. The maximum absolute atomic E-state index is 2.51. The van der Waals surface area contributed by atoms with Crippen LogP contribution in [-0.2, 0) is 0 Å². The minimum atomic E-state index is 1.05. The molecule has 0 nitrogen and oxygen atoms in total. The van der Waals surface area contributed by atoms with Gasteiger partial charge in [-0.15, -0.1) is 0 Å². The lowest BCUT2D eigenvalue weighted by Crippen LogP contribution is -2.11. The van der Waals surface area contributed by atoms with Gasteiger partial charge in [-0.25, -0.2) is 0 Å². The molecule has 3 aliphatic carbocycles. The number of hydrogen-bond acceptors (Lipinski definition) is 0. The van der Waals surface area contributed by atoms with Crippen LogP contribution >= 0.6 is 0 Å². The molecule has 0 aromatic carbocycles. The summed E-state index contributed by atoms with van der Waals surface area (Å²) in [5.41, 5.74) is 0. The molecule has 0 aromatic rings. The van der Waals surface area contributed by atoms with Crippen LogP contribution in [0.1, 0.15) is 33.1 Å². The van der Waals surface area contributed by atoms with Crippen LogP contribution in [0.2, 0.25) is 0 Å². The van der Waals surface area contributed by atoms with E-state index in [1.807, 2.05) is 0 Å². The minimum Gasteiger partial charge on any atom is -0.0625 e. The lowest BCUT2D eigenvalue weighted by Gasteiger charge is -2.17. The van der Waals surface area contributed by atoms with Gasteiger partial charge in [0.25, 0.3) is 0 Å². The first kappa shape index (κ1) is 6.51. The maximum Gasteiger partial charge on any atom is -0.0349 e. The number of hydrogen-bond donors (Lipinski definition) is 0. The van der Waals surface area contributed by atoms with E-state index in [0.717, 1.165) is 17.8 Å². The monoisotopic (exact) mass is 150 g/mol. The molecule has 0 radical (unpaired) electrons. The van der Waals surface area contributed by atoms with Crippen LogP contribution in [0.5, 0.6) is 0 Å². The van der Waals surface area contributed by atoms with Crippen molar-refractivity contribution in [2.45, 2.75) is 33.1 Å². The molecule has 3 aliphatic rings. The fraction of sp³-hybridized carbons (Fsp3) is 1.00. The second kappa shape index (κ2) is 1.84. The fourth-order valence-corrected chi connectivity index (χ4v) is 4.12. The van der Waals surface area contributed by atoms with Gasteiger partial charge in [-0.1, -0.05) is 13.8 Å². The van der Waals surface area contributed by atoms with Gasteiger partial charge in [-0.3, -0.25) is 0 Å². The average molecular weight is 150 g/mol. The van der Waals surface area contributed by atoms with Crippen molar-refractivity contribution in [1.82, 2.24) is 0 Å². The highest BCUT2D eigenvalue weighted by Gasteiger charge is 2.59. The van der Waals surface area contributed by atoms with E-state index >= 15 is 0 Å². The Hall–Kier alpha value is 0. The second-order valence-electron chi connectivity index (χ2n) is 5.33. The molecule has 11 heavy (non-hydrogen) atoms. The Bertz CT molecular complexity index is 178. The lowest BCUT2D eigenvalue weighted by molar-refractivity contribution is 0.314. The standard InChI is InChI=1S/C11H18/c1-6-3-8-7(2)9-5-11(9)10(8)4-6/h6-11H,3-5H2,1-2H3/t6?,7?,8-,9?,10?,11?/m1/s1. The molecule has 0 saturated heterocycles. The van der Waals surface area contributed by atoms with Gasteiger partial charge in [0.15, 0.2) is 0 Å².